The van der Waals surface area contributed by atoms with Gasteiger partial charge < -0.3 is 4.90 Å². The number of rotatable bonds is 4. The molecule has 1 fully saturated rings. The van der Waals surface area contributed by atoms with Gasteiger partial charge in [0, 0.05) is 19.0 Å². The number of imide groups is 1. The third-order valence-electron chi connectivity index (χ3n) is 2.83. The molecule has 5 nitrogen and oxygen atoms in total. The highest BCUT2D eigenvalue weighted by atomic mass is 16.2. The summed E-state index contributed by atoms with van der Waals surface area (Å²) >= 11 is 0. The van der Waals surface area contributed by atoms with Gasteiger partial charge in [-0.05, 0) is 12.8 Å². The van der Waals surface area contributed by atoms with Crippen LogP contribution in [0, 0.1) is 0 Å². The highest BCUT2D eigenvalue weighted by molar-refractivity contribution is 6.04. The van der Waals surface area contributed by atoms with E-state index in [0.717, 1.165) is 6.42 Å². The van der Waals surface area contributed by atoms with Crippen LogP contribution >= 0.6 is 0 Å². The molecule has 5 heteroatoms. The Hall–Kier alpha value is -1.91. The number of hydrogen-bond acceptors (Lipinski definition) is 3. The topological polar surface area (TPSA) is 66.5 Å². The number of allylic oxidation sites excluding steroid dienone is 1. The van der Waals surface area contributed by atoms with Crippen LogP contribution in [0.2, 0.25) is 0 Å². The lowest BCUT2D eigenvalue weighted by molar-refractivity contribution is -0.142. The normalized spacial score (nSPS) is 19.8. The molecule has 0 bridgehead atoms. The molecule has 1 N–H and O–H groups in total. The fraction of sp³-hybridized carbons (Fsp3) is 0.462. The molecule has 1 unspecified atom stereocenters. The minimum absolute atomic E-state index is 0.255. The van der Waals surface area contributed by atoms with Gasteiger partial charge in [0.05, 0.1) is 0 Å². The van der Waals surface area contributed by atoms with Crippen molar-refractivity contribution in [3.8, 4) is 0 Å². The van der Waals surface area contributed by atoms with Crippen LogP contribution < -0.4 is 5.32 Å². The van der Waals surface area contributed by atoms with Gasteiger partial charge >= 0.3 is 0 Å². The molecule has 1 aliphatic rings. The molecule has 0 aliphatic carbocycles. The first-order valence-corrected chi connectivity index (χ1v) is 5.93. The molecule has 1 aliphatic heterocycles. The van der Waals surface area contributed by atoms with Crippen LogP contribution in [0.25, 0.3) is 0 Å². The molecule has 3 amide bonds. The minimum Gasteiger partial charge on any atom is -0.330 e. The summed E-state index contributed by atoms with van der Waals surface area (Å²) in [6.07, 6.45) is 4.90. The van der Waals surface area contributed by atoms with Crippen molar-refractivity contribution in [2.24, 2.45) is 0 Å². The molecule has 1 saturated heterocycles. The van der Waals surface area contributed by atoms with Crippen LogP contribution in [0.5, 0.6) is 0 Å². The third-order valence-corrected chi connectivity index (χ3v) is 2.83. The van der Waals surface area contributed by atoms with Crippen molar-refractivity contribution in [2.75, 3.05) is 7.05 Å². The number of carbonyl (C=O) groups excluding carboxylic acids is 3. The molecule has 1 rings (SSSR count). The molecular weight excluding hydrogens is 232 g/mol. The molecule has 1 heterocycles. The molecule has 0 saturated carbocycles. The largest absolute Gasteiger partial charge is 0.330 e. The van der Waals surface area contributed by atoms with Crippen LogP contribution in [0.4, 0.5) is 0 Å². The van der Waals surface area contributed by atoms with E-state index in [2.05, 4.69) is 11.9 Å². The van der Waals surface area contributed by atoms with Gasteiger partial charge in [-0.3, -0.25) is 19.7 Å². The number of carbonyl (C=O) groups is 3. The molecule has 0 aromatic heterocycles. The maximum atomic E-state index is 12.0. The van der Waals surface area contributed by atoms with E-state index in [1.54, 1.807) is 13.1 Å². The van der Waals surface area contributed by atoms with Crippen LogP contribution in [-0.4, -0.2) is 35.7 Å². The summed E-state index contributed by atoms with van der Waals surface area (Å²) in [6, 6.07) is -0.595. The monoisotopic (exact) mass is 250 g/mol. The predicted octanol–water partition coefficient (Wildman–Crippen LogP) is 0.772. The second-order valence-corrected chi connectivity index (χ2v) is 4.22. The second-order valence-electron chi connectivity index (χ2n) is 4.22. The highest BCUT2D eigenvalue weighted by Crippen LogP contribution is 2.13. The molecule has 0 aromatic carbocycles. The Labute approximate surface area is 107 Å². The van der Waals surface area contributed by atoms with E-state index in [1.165, 1.54) is 4.90 Å². The van der Waals surface area contributed by atoms with E-state index < -0.39 is 11.9 Å². The summed E-state index contributed by atoms with van der Waals surface area (Å²) in [6.45, 7) is 5.63. The Morgan fingerprint density at radius 3 is 2.78 bits per heavy atom. The zero-order valence-corrected chi connectivity index (χ0v) is 10.7. The first-order valence-electron chi connectivity index (χ1n) is 5.93. The Morgan fingerprint density at radius 1 is 1.56 bits per heavy atom. The van der Waals surface area contributed by atoms with E-state index in [9.17, 15) is 14.4 Å². The van der Waals surface area contributed by atoms with Crippen molar-refractivity contribution in [1.29, 1.82) is 0 Å². The lowest BCUT2D eigenvalue weighted by atomic mass is 10.0. The summed E-state index contributed by atoms with van der Waals surface area (Å²) in [5.74, 6) is -1.01. The van der Waals surface area contributed by atoms with Crippen molar-refractivity contribution in [2.45, 2.75) is 32.2 Å². The molecule has 98 valence electrons. The fourth-order valence-corrected chi connectivity index (χ4v) is 1.75. The van der Waals surface area contributed by atoms with Gasteiger partial charge in [-0.15, -0.1) is 0 Å². The average Bonchev–Trinajstić information content (AvgIpc) is 2.34. The second kappa shape index (κ2) is 6.14. The number of nitrogens with zero attached hydrogens (tertiary/aromatic N) is 1. The first-order chi connectivity index (χ1) is 8.47. The van der Waals surface area contributed by atoms with Crippen molar-refractivity contribution < 1.29 is 14.4 Å². The van der Waals surface area contributed by atoms with Gasteiger partial charge in [0.15, 0.2) is 0 Å². The fourth-order valence-electron chi connectivity index (χ4n) is 1.75. The van der Waals surface area contributed by atoms with E-state index >= 15 is 0 Å². The predicted molar refractivity (Wildman–Crippen MR) is 67.5 cm³/mol. The van der Waals surface area contributed by atoms with Crippen LogP contribution in [0.15, 0.2) is 24.3 Å². The number of piperidine rings is 1. The van der Waals surface area contributed by atoms with Crippen LogP contribution in [-0.2, 0) is 14.4 Å². The minimum atomic E-state index is -0.595. The smallest absolute Gasteiger partial charge is 0.253 e. The lowest BCUT2D eigenvalue weighted by Gasteiger charge is -2.29. The summed E-state index contributed by atoms with van der Waals surface area (Å²) in [7, 11) is 1.55. The number of likely N-dealkylation sites (N-methyl/N-ethyl adjacent to an activating group) is 1. The number of nitrogens with one attached hydrogen (secondary N) is 1. The molecule has 1 atom stereocenters. The Morgan fingerprint density at radius 2 is 2.22 bits per heavy atom. The highest BCUT2D eigenvalue weighted by Gasteiger charge is 2.32. The number of hydrogen-bond donors (Lipinski definition) is 1. The standard InChI is InChI=1S/C13H18N2O3/c1-4-5-6-9(2)13(18)15(3)10-7-8-11(16)14-12(10)17/h5-6,10H,2,4,7-8H2,1,3H3,(H,14,16,17)/b6-5-. The van der Waals surface area contributed by atoms with Crippen molar-refractivity contribution in [3.63, 3.8) is 0 Å². The van der Waals surface area contributed by atoms with Gasteiger partial charge in [0.1, 0.15) is 6.04 Å². The Kier molecular flexibility index (Phi) is 4.83. The van der Waals surface area contributed by atoms with Crippen LogP contribution in [0.3, 0.4) is 0 Å². The zero-order chi connectivity index (χ0) is 13.7. The third kappa shape index (κ3) is 3.29. The summed E-state index contributed by atoms with van der Waals surface area (Å²) in [4.78, 5) is 36.0. The molecular formula is C13H18N2O3. The molecule has 0 spiro atoms. The molecule has 0 aromatic rings. The van der Waals surface area contributed by atoms with Crippen molar-refractivity contribution >= 4 is 17.7 Å². The quantitative estimate of drug-likeness (QED) is 0.455. The lowest BCUT2D eigenvalue weighted by Crippen LogP contribution is -2.53. The van der Waals surface area contributed by atoms with Crippen molar-refractivity contribution in [1.82, 2.24) is 10.2 Å². The van der Waals surface area contributed by atoms with Gasteiger partial charge in [-0.1, -0.05) is 25.7 Å². The SMILES string of the molecule is C=C(/C=C\CC)C(=O)N(C)C1CCC(=O)NC1=O. The Bertz CT molecular complexity index is 412. The van der Waals surface area contributed by atoms with Crippen molar-refractivity contribution in [3.05, 3.63) is 24.3 Å². The van der Waals surface area contributed by atoms with Crippen LogP contribution in [0.1, 0.15) is 26.2 Å². The summed E-state index contributed by atoms with van der Waals surface area (Å²) in [5, 5.41) is 2.23. The maximum Gasteiger partial charge on any atom is 0.253 e. The summed E-state index contributed by atoms with van der Waals surface area (Å²) in [5.41, 5.74) is 0.337. The summed E-state index contributed by atoms with van der Waals surface area (Å²) < 4.78 is 0. The number of amides is 3. The van der Waals surface area contributed by atoms with Gasteiger partial charge in [-0.25, -0.2) is 0 Å². The van der Waals surface area contributed by atoms with E-state index in [-0.39, 0.29) is 18.2 Å². The zero-order valence-electron chi connectivity index (χ0n) is 10.7. The van der Waals surface area contributed by atoms with E-state index in [0.29, 0.717) is 12.0 Å². The molecule has 0 radical (unpaired) electrons. The van der Waals surface area contributed by atoms with Gasteiger partial charge in [0.2, 0.25) is 11.8 Å². The average molecular weight is 250 g/mol. The van der Waals surface area contributed by atoms with Gasteiger partial charge in [-0.2, -0.15) is 0 Å². The van der Waals surface area contributed by atoms with E-state index in [1.807, 2.05) is 13.0 Å². The Balaban J connectivity index is 2.69. The first kappa shape index (κ1) is 14.2. The molecule has 18 heavy (non-hydrogen) atoms. The van der Waals surface area contributed by atoms with E-state index in [4.69, 9.17) is 0 Å². The van der Waals surface area contributed by atoms with Gasteiger partial charge in [0.25, 0.3) is 5.91 Å². The maximum absolute atomic E-state index is 12.0.